The lowest BCUT2D eigenvalue weighted by molar-refractivity contribution is 0.269. The minimum Gasteiger partial charge on any atom is -0.313 e. The van der Waals surface area contributed by atoms with E-state index in [1.54, 1.807) is 0 Å². The Bertz CT molecular complexity index is 147. The van der Waals surface area contributed by atoms with Crippen LogP contribution in [0.4, 0.5) is 0 Å². The maximum absolute atomic E-state index is 3.86. The van der Waals surface area contributed by atoms with E-state index in [9.17, 15) is 0 Å². The van der Waals surface area contributed by atoms with Gasteiger partial charge < -0.3 is 5.32 Å². The fourth-order valence-corrected chi connectivity index (χ4v) is 2.49. The van der Waals surface area contributed by atoms with Crippen molar-refractivity contribution in [1.29, 1.82) is 0 Å². The summed E-state index contributed by atoms with van der Waals surface area (Å²) >= 11 is 0. The Morgan fingerprint density at radius 3 is 2.64 bits per heavy atom. The van der Waals surface area contributed by atoms with Crippen molar-refractivity contribution in [2.45, 2.75) is 57.9 Å². The molecule has 1 atom stereocenters. The maximum atomic E-state index is 3.86. The molecular weight excluding hydrogens is 170 g/mol. The Labute approximate surface area is 89.0 Å². The van der Waals surface area contributed by atoms with Gasteiger partial charge in [0.15, 0.2) is 0 Å². The van der Waals surface area contributed by atoms with Gasteiger partial charge in [0.2, 0.25) is 0 Å². The average molecular weight is 195 g/mol. The molecule has 1 aliphatic rings. The van der Waals surface area contributed by atoms with Gasteiger partial charge >= 0.3 is 0 Å². The molecule has 1 saturated carbocycles. The predicted octanol–water partition coefficient (Wildman–Crippen LogP) is 3.51. The lowest BCUT2D eigenvalue weighted by Crippen LogP contribution is -2.37. The van der Waals surface area contributed by atoms with Crippen LogP contribution >= 0.6 is 0 Å². The van der Waals surface area contributed by atoms with Crippen molar-refractivity contribution in [3.63, 3.8) is 0 Å². The number of nitrogens with one attached hydrogen (secondary N) is 1. The molecule has 1 N–H and O–H groups in total. The van der Waals surface area contributed by atoms with E-state index in [0.717, 1.165) is 18.9 Å². The monoisotopic (exact) mass is 195 g/mol. The molecule has 0 bridgehead atoms. The van der Waals surface area contributed by atoms with E-state index in [1.807, 2.05) is 0 Å². The standard InChI is InChI=1S/C13H25N/c1-3-8-13(14-11-4-2)12-9-6-5-7-10-12/h3,12-14H,1,4-11H2,2H3. The summed E-state index contributed by atoms with van der Waals surface area (Å²) in [4.78, 5) is 0. The van der Waals surface area contributed by atoms with Gasteiger partial charge in [0.05, 0.1) is 0 Å². The first-order valence-corrected chi connectivity index (χ1v) is 6.22. The first-order valence-electron chi connectivity index (χ1n) is 6.22. The maximum Gasteiger partial charge on any atom is 0.0130 e. The van der Waals surface area contributed by atoms with Gasteiger partial charge in [0.1, 0.15) is 0 Å². The lowest BCUT2D eigenvalue weighted by atomic mass is 9.82. The van der Waals surface area contributed by atoms with Crippen LogP contribution in [0.3, 0.4) is 0 Å². The molecule has 1 rings (SSSR count). The molecule has 1 aliphatic carbocycles. The summed E-state index contributed by atoms with van der Waals surface area (Å²) in [5, 5.41) is 3.67. The van der Waals surface area contributed by atoms with Gasteiger partial charge in [0, 0.05) is 6.04 Å². The zero-order valence-electron chi connectivity index (χ0n) is 9.60. The van der Waals surface area contributed by atoms with Gasteiger partial charge in [-0.2, -0.15) is 0 Å². The fraction of sp³-hybridized carbons (Fsp3) is 0.846. The van der Waals surface area contributed by atoms with Crippen molar-refractivity contribution < 1.29 is 0 Å². The van der Waals surface area contributed by atoms with E-state index in [2.05, 4.69) is 24.9 Å². The van der Waals surface area contributed by atoms with Gasteiger partial charge in [-0.05, 0) is 38.1 Å². The van der Waals surface area contributed by atoms with Crippen LogP contribution in [0.5, 0.6) is 0 Å². The van der Waals surface area contributed by atoms with E-state index >= 15 is 0 Å². The third-order valence-electron chi connectivity index (χ3n) is 3.30. The SMILES string of the molecule is C=CCC(NCCC)C1CCCCC1. The normalized spacial score (nSPS) is 20.6. The van der Waals surface area contributed by atoms with E-state index < -0.39 is 0 Å². The first-order chi connectivity index (χ1) is 6.88. The van der Waals surface area contributed by atoms with E-state index in [4.69, 9.17) is 0 Å². The van der Waals surface area contributed by atoms with Crippen molar-refractivity contribution >= 4 is 0 Å². The molecule has 1 heteroatoms. The molecule has 0 aromatic carbocycles. The van der Waals surface area contributed by atoms with E-state index in [1.165, 1.54) is 38.5 Å². The summed E-state index contributed by atoms with van der Waals surface area (Å²) in [6, 6.07) is 0.702. The second-order valence-corrected chi connectivity index (χ2v) is 4.48. The van der Waals surface area contributed by atoms with Crippen LogP contribution in [0.1, 0.15) is 51.9 Å². The van der Waals surface area contributed by atoms with Crippen molar-refractivity contribution in [3.8, 4) is 0 Å². The average Bonchev–Trinajstić information content (AvgIpc) is 2.25. The minimum absolute atomic E-state index is 0.702. The van der Waals surface area contributed by atoms with Crippen LogP contribution in [0.15, 0.2) is 12.7 Å². The molecule has 82 valence electrons. The summed E-state index contributed by atoms with van der Waals surface area (Å²) in [6.45, 7) is 7.26. The molecule has 0 radical (unpaired) electrons. The van der Waals surface area contributed by atoms with E-state index in [-0.39, 0.29) is 0 Å². The third kappa shape index (κ3) is 3.83. The molecule has 14 heavy (non-hydrogen) atoms. The first kappa shape index (κ1) is 11.8. The molecule has 1 nitrogen and oxygen atoms in total. The molecule has 0 aromatic heterocycles. The van der Waals surface area contributed by atoms with Crippen molar-refractivity contribution in [2.75, 3.05) is 6.54 Å². The van der Waals surface area contributed by atoms with Gasteiger partial charge in [-0.1, -0.05) is 32.3 Å². The number of hydrogen-bond donors (Lipinski definition) is 1. The summed E-state index contributed by atoms with van der Waals surface area (Å²) in [5.41, 5.74) is 0. The Morgan fingerprint density at radius 2 is 2.07 bits per heavy atom. The Kier molecular flexibility index (Phi) is 5.93. The largest absolute Gasteiger partial charge is 0.313 e. The highest BCUT2D eigenvalue weighted by Crippen LogP contribution is 2.27. The molecule has 1 fully saturated rings. The zero-order chi connectivity index (χ0) is 10.2. The van der Waals surface area contributed by atoms with Crippen LogP contribution in [0.25, 0.3) is 0 Å². The molecule has 0 aliphatic heterocycles. The molecular formula is C13H25N. The molecule has 0 amide bonds. The smallest absolute Gasteiger partial charge is 0.0130 e. The van der Waals surface area contributed by atoms with Gasteiger partial charge in [0.25, 0.3) is 0 Å². The molecule has 0 aromatic rings. The molecule has 0 spiro atoms. The molecule has 1 unspecified atom stereocenters. The van der Waals surface area contributed by atoms with Crippen molar-refractivity contribution in [3.05, 3.63) is 12.7 Å². The highest BCUT2D eigenvalue weighted by atomic mass is 14.9. The van der Waals surface area contributed by atoms with Gasteiger partial charge in [-0.3, -0.25) is 0 Å². The summed E-state index contributed by atoms with van der Waals surface area (Å²) in [5.74, 6) is 0.910. The predicted molar refractivity (Wildman–Crippen MR) is 63.5 cm³/mol. The number of hydrogen-bond acceptors (Lipinski definition) is 1. The second kappa shape index (κ2) is 7.05. The van der Waals surface area contributed by atoms with Crippen LogP contribution in [0.2, 0.25) is 0 Å². The summed E-state index contributed by atoms with van der Waals surface area (Å²) < 4.78 is 0. The zero-order valence-corrected chi connectivity index (χ0v) is 9.60. The molecule has 0 saturated heterocycles. The topological polar surface area (TPSA) is 12.0 Å². The highest BCUT2D eigenvalue weighted by molar-refractivity contribution is 4.85. The summed E-state index contributed by atoms with van der Waals surface area (Å²) in [6.07, 6.45) is 11.6. The molecule has 0 heterocycles. The van der Waals surface area contributed by atoms with Crippen LogP contribution in [0, 0.1) is 5.92 Å². The Balaban J connectivity index is 2.34. The van der Waals surface area contributed by atoms with Crippen LogP contribution in [-0.2, 0) is 0 Å². The lowest BCUT2D eigenvalue weighted by Gasteiger charge is -2.30. The Morgan fingerprint density at radius 1 is 1.36 bits per heavy atom. The van der Waals surface area contributed by atoms with Crippen molar-refractivity contribution in [2.24, 2.45) is 5.92 Å². The van der Waals surface area contributed by atoms with Gasteiger partial charge in [-0.15, -0.1) is 6.58 Å². The van der Waals surface area contributed by atoms with Crippen LogP contribution in [-0.4, -0.2) is 12.6 Å². The third-order valence-corrected chi connectivity index (χ3v) is 3.30. The second-order valence-electron chi connectivity index (χ2n) is 4.48. The quantitative estimate of drug-likeness (QED) is 0.640. The van der Waals surface area contributed by atoms with Crippen molar-refractivity contribution in [1.82, 2.24) is 5.32 Å². The fourth-order valence-electron chi connectivity index (χ4n) is 2.49. The number of rotatable bonds is 6. The highest BCUT2D eigenvalue weighted by Gasteiger charge is 2.21. The Hall–Kier alpha value is -0.300. The van der Waals surface area contributed by atoms with E-state index in [0.29, 0.717) is 6.04 Å². The van der Waals surface area contributed by atoms with Crippen LogP contribution < -0.4 is 5.32 Å². The van der Waals surface area contributed by atoms with Gasteiger partial charge in [-0.25, -0.2) is 0 Å². The minimum atomic E-state index is 0.702. The summed E-state index contributed by atoms with van der Waals surface area (Å²) in [7, 11) is 0.